The number of hydrogen-bond acceptors (Lipinski definition) is 6. The van der Waals surface area contributed by atoms with Crippen LogP contribution in [0.3, 0.4) is 0 Å². The van der Waals surface area contributed by atoms with E-state index in [2.05, 4.69) is 10.3 Å². The van der Waals surface area contributed by atoms with Gasteiger partial charge in [0.2, 0.25) is 11.8 Å². The molecule has 2 amide bonds. The summed E-state index contributed by atoms with van der Waals surface area (Å²) in [5.41, 5.74) is 1.53. The van der Waals surface area contributed by atoms with Gasteiger partial charge in [-0.05, 0) is 54.4 Å². The van der Waals surface area contributed by atoms with E-state index in [-0.39, 0.29) is 35.6 Å². The zero-order valence-corrected chi connectivity index (χ0v) is 21.8. The van der Waals surface area contributed by atoms with Crippen LogP contribution in [0.15, 0.2) is 71.7 Å². The number of halogens is 2. The molecule has 1 heterocycles. The van der Waals surface area contributed by atoms with Crippen LogP contribution >= 0.6 is 23.4 Å². The first-order chi connectivity index (χ1) is 17.9. The molecule has 1 atom stereocenters. The smallest absolute Gasteiger partial charge is 0.238 e. The van der Waals surface area contributed by atoms with Gasteiger partial charge < -0.3 is 14.8 Å². The van der Waals surface area contributed by atoms with Crippen LogP contribution in [0.25, 0.3) is 0 Å². The zero-order chi connectivity index (χ0) is 26.4. The number of nitrogens with zero attached hydrogens (tertiary/aromatic N) is 2. The van der Waals surface area contributed by atoms with E-state index in [4.69, 9.17) is 21.1 Å². The number of carbonyl (C=O) groups is 2. The second kappa shape index (κ2) is 12.1. The van der Waals surface area contributed by atoms with Crippen molar-refractivity contribution in [1.29, 1.82) is 0 Å². The molecule has 192 valence electrons. The summed E-state index contributed by atoms with van der Waals surface area (Å²) >= 11 is 7.15. The molecule has 3 aromatic carbocycles. The molecule has 10 heteroatoms. The van der Waals surface area contributed by atoms with Crippen molar-refractivity contribution in [2.75, 3.05) is 26.1 Å². The molecule has 0 spiro atoms. The Hall–Kier alpha value is -3.56. The van der Waals surface area contributed by atoms with Crippen molar-refractivity contribution in [2.45, 2.75) is 18.1 Å². The molecular weight excluding hydrogens is 517 g/mol. The molecule has 1 saturated heterocycles. The van der Waals surface area contributed by atoms with Gasteiger partial charge in [-0.3, -0.25) is 14.5 Å². The maximum Gasteiger partial charge on any atom is 0.238 e. The summed E-state index contributed by atoms with van der Waals surface area (Å²) in [4.78, 5) is 32.2. The third kappa shape index (κ3) is 6.61. The SMILES string of the molecule is COc1ccc(CCN2C(=O)C[C@H](C(=O)Nc3cccc(Cl)c3)SC2=Nc2ccccc2F)cc1OC. The Morgan fingerprint density at radius 2 is 1.89 bits per heavy atom. The maximum atomic E-state index is 14.4. The summed E-state index contributed by atoms with van der Waals surface area (Å²) in [5, 5.41) is 2.79. The van der Waals surface area contributed by atoms with Crippen molar-refractivity contribution in [1.82, 2.24) is 4.90 Å². The zero-order valence-electron chi connectivity index (χ0n) is 20.2. The van der Waals surface area contributed by atoms with Crippen LogP contribution in [0.5, 0.6) is 11.5 Å². The Labute approximate surface area is 223 Å². The maximum absolute atomic E-state index is 14.4. The van der Waals surface area contributed by atoms with Gasteiger partial charge in [0.25, 0.3) is 0 Å². The Balaban J connectivity index is 1.57. The number of para-hydroxylation sites is 1. The van der Waals surface area contributed by atoms with Crippen molar-refractivity contribution in [3.8, 4) is 11.5 Å². The molecule has 1 aliphatic rings. The number of benzene rings is 3. The largest absolute Gasteiger partial charge is 0.493 e. The molecule has 0 saturated carbocycles. The van der Waals surface area contributed by atoms with Gasteiger partial charge in [-0.25, -0.2) is 9.38 Å². The van der Waals surface area contributed by atoms with Gasteiger partial charge in [0.1, 0.15) is 16.8 Å². The molecule has 0 aromatic heterocycles. The standard InChI is InChI=1S/C27H25ClFN3O4S/c1-35-22-11-10-17(14-23(22)36-2)12-13-32-25(33)16-24(26(34)30-19-7-5-6-18(28)15-19)37-27(32)31-21-9-4-3-8-20(21)29/h3-11,14-15,24H,12-13,16H2,1-2H3,(H,30,34)/t24-/m1/s1. The number of methoxy groups -OCH3 is 2. The first-order valence-corrected chi connectivity index (χ1v) is 12.7. The van der Waals surface area contributed by atoms with Crippen molar-refractivity contribution in [3.63, 3.8) is 0 Å². The number of aliphatic imine (C=N–C) groups is 1. The van der Waals surface area contributed by atoms with E-state index in [9.17, 15) is 14.0 Å². The molecule has 1 aliphatic heterocycles. The highest BCUT2D eigenvalue weighted by molar-refractivity contribution is 8.15. The molecule has 0 bridgehead atoms. The highest BCUT2D eigenvalue weighted by Gasteiger charge is 2.36. The van der Waals surface area contributed by atoms with Gasteiger partial charge in [0.05, 0.1) is 14.2 Å². The minimum absolute atomic E-state index is 0.0285. The quantitative estimate of drug-likeness (QED) is 0.396. The second-order valence-corrected chi connectivity index (χ2v) is 9.75. The van der Waals surface area contributed by atoms with Crippen LogP contribution in [0.2, 0.25) is 5.02 Å². The van der Waals surface area contributed by atoms with Crippen LogP contribution in [0.1, 0.15) is 12.0 Å². The lowest BCUT2D eigenvalue weighted by molar-refractivity contribution is -0.129. The van der Waals surface area contributed by atoms with Crippen LogP contribution < -0.4 is 14.8 Å². The first-order valence-electron chi connectivity index (χ1n) is 11.5. The fourth-order valence-corrected chi connectivity index (χ4v) is 5.08. The molecular formula is C27H25ClFN3O4S. The fourth-order valence-electron chi connectivity index (χ4n) is 3.77. The van der Waals surface area contributed by atoms with Crippen LogP contribution in [0, 0.1) is 5.82 Å². The van der Waals surface area contributed by atoms with E-state index in [1.54, 1.807) is 56.7 Å². The summed E-state index contributed by atoms with van der Waals surface area (Å²) < 4.78 is 25.1. The van der Waals surface area contributed by atoms with E-state index < -0.39 is 11.1 Å². The third-order valence-corrected chi connectivity index (χ3v) is 7.09. The van der Waals surface area contributed by atoms with Crippen molar-refractivity contribution in [3.05, 3.63) is 83.1 Å². The summed E-state index contributed by atoms with van der Waals surface area (Å²) in [7, 11) is 3.12. The molecule has 0 unspecified atom stereocenters. The number of thioether (sulfide) groups is 1. The number of carbonyl (C=O) groups excluding carboxylic acids is 2. The monoisotopic (exact) mass is 541 g/mol. The molecule has 1 N–H and O–H groups in total. The van der Waals surface area contributed by atoms with Crippen LogP contribution in [-0.2, 0) is 16.0 Å². The van der Waals surface area contributed by atoms with Crippen molar-refractivity contribution >= 4 is 51.7 Å². The lowest BCUT2D eigenvalue weighted by Gasteiger charge is -2.32. The van der Waals surface area contributed by atoms with Gasteiger partial charge in [-0.15, -0.1) is 0 Å². The van der Waals surface area contributed by atoms with E-state index in [0.717, 1.165) is 17.3 Å². The lowest BCUT2D eigenvalue weighted by atomic mass is 10.1. The van der Waals surface area contributed by atoms with E-state index in [1.807, 2.05) is 12.1 Å². The molecule has 0 aliphatic carbocycles. The fraction of sp³-hybridized carbons (Fsp3) is 0.222. The number of amides is 2. The molecule has 0 radical (unpaired) electrons. The minimum Gasteiger partial charge on any atom is -0.493 e. The Kier molecular flexibility index (Phi) is 8.68. The topological polar surface area (TPSA) is 80.2 Å². The van der Waals surface area contributed by atoms with Gasteiger partial charge in [0.15, 0.2) is 16.7 Å². The molecule has 4 rings (SSSR count). The van der Waals surface area contributed by atoms with E-state index >= 15 is 0 Å². The summed E-state index contributed by atoms with van der Waals surface area (Å²) in [6.07, 6.45) is 0.460. The van der Waals surface area contributed by atoms with Gasteiger partial charge in [-0.1, -0.05) is 47.6 Å². The number of amidine groups is 1. The van der Waals surface area contributed by atoms with Gasteiger partial charge >= 0.3 is 0 Å². The normalized spacial score (nSPS) is 16.5. The molecule has 7 nitrogen and oxygen atoms in total. The van der Waals surface area contributed by atoms with Gasteiger partial charge in [-0.2, -0.15) is 0 Å². The highest BCUT2D eigenvalue weighted by atomic mass is 35.5. The lowest BCUT2D eigenvalue weighted by Crippen LogP contribution is -2.46. The highest BCUT2D eigenvalue weighted by Crippen LogP contribution is 2.32. The van der Waals surface area contributed by atoms with Gasteiger partial charge in [0, 0.05) is 23.7 Å². The number of anilines is 1. The van der Waals surface area contributed by atoms with E-state index in [0.29, 0.717) is 28.6 Å². The summed E-state index contributed by atoms with van der Waals surface area (Å²) in [6, 6.07) is 18.3. The molecule has 37 heavy (non-hydrogen) atoms. The first kappa shape index (κ1) is 26.5. The van der Waals surface area contributed by atoms with Crippen molar-refractivity contribution < 1.29 is 23.5 Å². The average molecular weight is 542 g/mol. The predicted octanol–water partition coefficient (Wildman–Crippen LogP) is 5.70. The van der Waals surface area contributed by atoms with Crippen molar-refractivity contribution in [2.24, 2.45) is 4.99 Å². The van der Waals surface area contributed by atoms with Crippen LogP contribution in [-0.4, -0.2) is 47.9 Å². The average Bonchev–Trinajstić information content (AvgIpc) is 2.89. The molecule has 1 fully saturated rings. The third-order valence-electron chi connectivity index (χ3n) is 5.66. The number of rotatable bonds is 8. The predicted molar refractivity (Wildman–Crippen MR) is 145 cm³/mol. The van der Waals surface area contributed by atoms with E-state index in [1.165, 1.54) is 17.0 Å². The Morgan fingerprint density at radius 1 is 1.11 bits per heavy atom. The summed E-state index contributed by atoms with van der Waals surface area (Å²) in [5.74, 6) is 0.0268. The summed E-state index contributed by atoms with van der Waals surface area (Å²) in [6.45, 7) is 0.289. The molecule has 3 aromatic rings. The second-order valence-electron chi connectivity index (χ2n) is 8.14. The Bertz CT molecular complexity index is 1340. The Morgan fingerprint density at radius 3 is 2.62 bits per heavy atom. The minimum atomic E-state index is -0.741. The number of hydrogen-bond donors (Lipinski definition) is 1. The number of nitrogens with one attached hydrogen (secondary N) is 1. The van der Waals surface area contributed by atoms with Crippen LogP contribution in [0.4, 0.5) is 15.8 Å². The number of ether oxygens (including phenoxy) is 2.